The monoisotopic (exact) mass is 306 g/mol. The van der Waals surface area contributed by atoms with Gasteiger partial charge in [-0.2, -0.15) is 0 Å². The van der Waals surface area contributed by atoms with Crippen molar-refractivity contribution in [3.05, 3.63) is 30.0 Å². The number of carbonyl (C=O) groups is 1. The largest absolute Gasteiger partial charge is 0.504 e. The van der Waals surface area contributed by atoms with Crippen LogP contribution in [0.4, 0.5) is 0 Å². The highest BCUT2D eigenvalue weighted by atomic mass is 16.5. The minimum atomic E-state index is -0.927. The van der Waals surface area contributed by atoms with Gasteiger partial charge in [0.05, 0.1) is 37.1 Å². The van der Waals surface area contributed by atoms with E-state index in [-0.39, 0.29) is 23.7 Å². The van der Waals surface area contributed by atoms with Crippen molar-refractivity contribution in [1.29, 1.82) is 0 Å². The summed E-state index contributed by atoms with van der Waals surface area (Å²) >= 11 is 0. The van der Waals surface area contributed by atoms with E-state index in [1.807, 2.05) is 0 Å². The molecule has 1 aliphatic carbocycles. The van der Waals surface area contributed by atoms with Gasteiger partial charge in [0.15, 0.2) is 17.3 Å². The summed E-state index contributed by atoms with van der Waals surface area (Å²) in [5.74, 6) is -0.658. The third-order valence-corrected chi connectivity index (χ3v) is 4.25. The predicted molar refractivity (Wildman–Crippen MR) is 77.3 cm³/mol. The molecule has 0 bridgehead atoms. The van der Waals surface area contributed by atoms with Gasteiger partial charge in [-0.3, -0.25) is 4.79 Å². The van der Waals surface area contributed by atoms with Gasteiger partial charge >= 0.3 is 0 Å². The Morgan fingerprint density at radius 2 is 2.05 bits per heavy atom. The van der Waals surface area contributed by atoms with E-state index >= 15 is 0 Å². The number of aliphatic hydroxyl groups excluding tert-OH is 2. The topological polar surface area (TPSA) is 96.2 Å². The third kappa shape index (κ3) is 2.44. The summed E-state index contributed by atoms with van der Waals surface area (Å²) in [6.45, 7) is 0. The van der Waals surface area contributed by atoms with Crippen molar-refractivity contribution >= 4 is 11.4 Å². The zero-order valence-corrected chi connectivity index (χ0v) is 12.1. The SMILES string of the molecule is COc1cc(C2=COC3CC(O)CC(O)C3C2=O)ccc1O. The molecule has 4 atom stereocenters. The van der Waals surface area contributed by atoms with Crippen LogP contribution in [-0.2, 0) is 9.53 Å². The molecule has 0 radical (unpaired) electrons. The van der Waals surface area contributed by atoms with E-state index in [1.54, 1.807) is 12.1 Å². The highest BCUT2D eigenvalue weighted by Crippen LogP contribution is 2.38. The first kappa shape index (κ1) is 14.9. The Bertz CT molecular complexity index is 623. The molecule has 3 N–H and O–H groups in total. The Kier molecular flexibility index (Phi) is 3.80. The van der Waals surface area contributed by atoms with E-state index in [2.05, 4.69) is 0 Å². The molecule has 6 heteroatoms. The van der Waals surface area contributed by atoms with Crippen molar-refractivity contribution in [3.63, 3.8) is 0 Å². The Balaban J connectivity index is 1.94. The van der Waals surface area contributed by atoms with Gasteiger partial charge in [-0.1, -0.05) is 6.07 Å². The maximum atomic E-state index is 12.7. The van der Waals surface area contributed by atoms with E-state index in [9.17, 15) is 20.1 Å². The second kappa shape index (κ2) is 5.62. The lowest BCUT2D eigenvalue weighted by Crippen LogP contribution is -2.48. The van der Waals surface area contributed by atoms with E-state index < -0.39 is 24.2 Å². The van der Waals surface area contributed by atoms with Crippen molar-refractivity contribution < 1.29 is 29.6 Å². The van der Waals surface area contributed by atoms with E-state index in [0.717, 1.165) is 0 Å². The van der Waals surface area contributed by atoms with Gasteiger partial charge < -0.3 is 24.8 Å². The molecule has 22 heavy (non-hydrogen) atoms. The number of Topliss-reactive ketones (excluding diaryl/α,β-unsaturated/α-hetero) is 1. The van der Waals surface area contributed by atoms with E-state index in [1.165, 1.54) is 19.4 Å². The standard InChI is InChI=1S/C16H18O6/c1-21-13-4-8(2-3-11(13)18)10-7-22-14-6-9(17)5-12(19)15(14)16(10)20/h2-4,7,9,12,14-15,17-19H,5-6H2,1H3. The number of ether oxygens (including phenoxy) is 2. The Hall–Kier alpha value is -2.05. The summed E-state index contributed by atoms with van der Waals surface area (Å²) in [4.78, 5) is 12.7. The molecule has 1 heterocycles. The number of allylic oxidation sites excluding steroid dienone is 1. The maximum Gasteiger partial charge on any atom is 0.175 e. The number of hydrogen-bond donors (Lipinski definition) is 3. The number of aromatic hydroxyl groups is 1. The average Bonchev–Trinajstić information content (AvgIpc) is 2.47. The number of phenols is 1. The molecule has 0 amide bonds. The van der Waals surface area contributed by atoms with Gasteiger partial charge in [-0.05, 0) is 17.7 Å². The highest BCUT2D eigenvalue weighted by molar-refractivity contribution is 6.22. The number of rotatable bonds is 2. The molecule has 0 aromatic heterocycles. The second-order valence-electron chi connectivity index (χ2n) is 5.68. The molecule has 6 nitrogen and oxygen atoms in total. The highest BCUT2D eigenvalue weighted by Gasteiger charge is 2.45. The number of methoxy groups -OCH3 is 1. The lowest BCUT2D eigenvalue weighted by Gasteiger charge is -2.39. The molecule has 1 aliphatic heterocycles. The number of ketones is 1. The van der Waals surface area contributed by atoms with Gasteiger partial charge in [-0.15, -0.1) is 0 Å². The molecular formula is C16H18O6. The van der Waals surface area contributed by atoms with Crippen LogP contribution in [0.25, 0.3) is 5.57 Å². The zero-order chi connectivity index (χ0) is 15.9. The molecule has 1 saturated carbocycles. The van der Waals surface area contributed by atoms with Crippen LogP contribution >= 0.6 is 0 Å². The van der Waals surface area contributed by atoms with Gasteiger partial charge in [0.2, 0.25) is 0 Å². The second-order valence-corrected chi connectivity index (χ2v) is 5.68. The first-order valence-electron chi connectivity index (χ1n) is 7.14. The van der Waals surface area contributed by atoms with Crippen LogP contribution in [0.1, 0.15) is 18.4 Å². The number of fused-ring (bicyclic) bond motifs is 1. The van der Waals surface area contributed by atoms with Gasteiger partial charge in [0.1, 0.15) is 6.10 Å². The quantitative estimate of drug-likeness (QED) is 0.749. The molecule has 1 aromatic rings. The van der Waals surface area contributed by atoms with Gasteiger partial charge in [0, 0.05) is 12.8 Å². The molecule has 118 valence electrons. The number of hydrogen-bond acceptors (Lipinski definition) is 6. The summed E-state index contributed by atoms with van der Waals surface area (Å²) in [6.07, 6.45) is -0.232. The van der Waals surface area contributed by atoms with Crippen LogP contribution in [0.2, 0.25) is 0 Å². The number of aliphatic hydroxyl groups is 2. The molecule has 0 saturated heterocycles. The normalized spacial score (nSPS) is 31.0. The van der Waals surface area contributed by atoms with Crippen molar-refractivity contribution in [2.45, 2.75) is 31.2 Å². The lowest BCUT2D eigenvalue weighted by atomic mass is 9.76. The average molecular weight is 306 g/mol. The van der Waals surface area contributed by atoms with Crippen LogP contribution < -0.4 is 4.74 Å². The predicted octanol–water partition coefficient (Wildman–Crippen LogP) is 0.841. The van der Waals surface area contributed by atoms with Crippen LogP contribution in [0.3, 0.4) is 0 Å². The lowest BCUT2D eigenvalue weighted by molar-refractivity contribution is -0.137. The van der Waals surface area contributed by atoms with Crippen molar-refractivity contribution in [2.24, 2.45) is 5.92 Å². The fourth-order valence-electron chi connectivity index (χ4n) is 3.12. The summed E-state index contributed by atoms with van der Waals surface area (Å²) in [6, 6.07) is 4.58. The summed E-state index contributed by atoms with van der Waals surface area (Å²) in [5.41, 5.74) is 0.881. The van der Waals surface area contributed by atoms with Crippen LogP contribution in [0, 0.1) is 5.92 Å². The van der Waals surface area contributed by atoms with Gasteiger partial charge in [0.25, 0.3) is 0 Å². The summed E-state index contributed by atoms with van der Waals surface area (Å²) in [7, 11) is 1.43. The molecule has 4 unspecified atom stereocenters. The molecule has 0 spiro atoms. The summed E-state index contributed by atoms with van der Waals surface area (Å²) in [5, 5.41) is 29.4. The zero-order valence-electron chi connectivity index (χ0n) is 12.1. The maximum absolute atomic E-state index is 12.7. The van der Waals surface area contributed by atoms with Crippen molar-refractivity contribution in [3.8, 4) is 11.5 Å². The van der Waals surface area contributed by atoms with Crippen molar-refractivity contribution in [2.75, 3.05) is 7.11 Å². The number of benzene rings is 1. The first-order valence-corrected chi connectivity index (χ1v) is 7.14. The Morgan fingerprint density at radius 3 is 2.77 bits per heavy atom. The van der Waals surface area contributed by atoms with E-state index in [4.69, 9.17) is 9.47 Å². The Morgan fingerprint density at radius 1 is 1.27 bits per heavy atom. The number of phenolic OH excluding ortho intramolecular Hbond substituents is 1. The number of carbonyl (C=O) groups excluding carboxylic acids is 1. The minimum Gasteiger partial charge on any atom is -0.504 e. The van der Waals surface area contributed by atoms with Crippen LogP contribution in [-0.4, -0.2) is 46.5 Å². The fourth-order valence-corrected chi connectivity index (χ4v) is 3.12. The van der Waals surface area contributed by atoms with E-state index in [0.29, 0.717) is 17.6 Å². The molecule has 1 aromatic carbocycles. The van der Waals surface area contributed by atoms with Crippen LogP contribution in [0.5, 0.6) is 11.5 Å². The molecular weight excluding hydrogens is 288 g/mol. The molecule has 1 fully saturated rings. The molecule has 2 aliphatic rings. The van der Waals surface area contributed by atoms with Gasteiger partial charge in [-0.25, -0.2) is 0 Å². The van der Waals surface area contributed by atoms with Crippen molar-refractivity contribution in [1.82, 2.24) is 0 Å². The minimum absolute atomic E-state index is 0.0188. The fraction of sp³-hybridized carbons (Fsp3) is 0.438. The van der Waals surface area contributed by atoms with Crippen LogP contribution in [0.15, 0.2) is 24.5 Å². The first-order chi connectivity index (χ1) is 10.5. The smallest absolute Gasteiger partial charge is 0.175 e. The Labute approximate surface area is 127 Å². The summed E-state index contributed by atoms with van der Waals surface area (Å²) < 4.78 is 10.6. The molecule has 3 rings (SSSR count). The third-order valence-electron chi connectivity index (χ3n) is 4.25.